The summed E-state index contributed by atoms with van der Waals surface area (Å²) in [5.41, 5.74) is 1.61. The van der Waals surface area contributed by atoms with E-state index in [2.05, 4.69) is 16.0 Å². The fraction of sp³-hybridized carbons (Fsp3) is 0.562. The number of aromatic nitrogens is 1. The highest BCUT2D eigenvalue weighted by Gasteiger charge is 2.26. The summed E-state index contributed by atoms with van der Waals surface area (Å²) in [6, 6.07) is 5.96. The molecule has 118 valence electrons. The summed E-state index contributed by atoms with van der Waals surface area (Å²) in [7, 11) is 0. The van der Waals surface area contributed by atoms with Gasteiger partial charge in [0, 0.05) is 31.9 Å². The van der Waals surface area contributed by atoms with Crippen molar-refractivity contribution >= 4 is 11.8 Å². The fourth-order valence-corrected chi connectivity index (χ4v) is 2.34. The number of hydrogen-bond donors (Lipinski definition) is 0. The number of carbonyl (C=O) groups is 1. The second kappa shape index (κ2) is 6.22. The number of nitriles is 1. The number of rotatable bonds is 1. The monoisotopic (exact) mass is 302 g/mol. The minimum atomic E-state index is -0.483. The molecule has 0 aliphatic carbocycles. The van der Waals surface area contributed by atoms with E-state index in [1.807, 2.05) is 39.8 Å². The van der Waals surface area contributed by atoms with Crippen molar-refractivity contribution in [2.24, 2.45) is 0 Å². The Labute approximate surface area is 131 Å². The molecule has 1 aliphatic rings. The summed E-state index contributed by atoms with van der Waals surface area (Å²) in [6.45, 7) is 9.93. The molecule has 1 aromatic heterocycles. The van der Waals surface area contributed by atoms with E-state index >= 15 is 0 Å². The van der Waals surface area contributed by atoms with Crippen molar-refractivity contribution < 1.29 is 9.53 Å². The standard InChI is InChI=1S/C16H22N4O2/c1-12-5-6-14(13(11-17)18-12)19-7-9-20(10-8-19)15(21)22-16(2,3)4/h5-6H,7-10H2,1-4H3. The van der Waals surface area contributed by atoms with Crippen LogP contribution < -0.4 is 4.90 Å². The van der Waals surface area contributed by atoms with Crippen molar-refractivity contribution in [1.82, 2.24) is 9.88 Å². The Balaban J connectivity index is 2.01. The van der Waals surface area contributed by atoms with Crippen LogP contribution in [0.5, 0.6) is 0 Å². The zero-order valence-corrected chi connectivity index (χ0v) is 13.6. The maximum absolute atomic E-state index is 12.0. The first-order valence-electron chi connectivity index (χ1n) is 7.41. The van der Waals surface area contributed by atoms with Crippen LogP contribution in [-0.2, 0) is 4.74 Å². The van der Waals surface area contributed by atoms with Gasteiger partial charge in [0.1, 0.15) is 11.7 Å². The molecule has 1 aliphatic heterocycles. The molecule has 0 radical (unpaired) electrons. The number of anilines is 1. The van der Waals surface area contributed by atoms with E-state index in [4.69, 9.17) is 4.74 Å². The molecule has 6 heteroatoms. The number of aryl methyl sites for hydroxylation is 1. The molecule has 0 spiro atoms. The molecule has 0 atom stereocenters. The average molecular weight is 302 g/mol. The maximum Gasteiger partial charge on any atom is 0.410 e. The van der Waals surface area contributed by atoms with Gasteiger partial charge in [-0.2, -0.15) is 5.26 Å². The zero-order valence-electron chi connectivity index (χ0n) is 13.6. The van der Waals surface area contributed by atoms with Crippen molar-refractivity contribution in [2.45, 2.75) is 33.3 Å². The predicted molar refractivity (Wildman–Crippen MR) is 83.7 cm³/mol. The molecule has 6 nitrogen and oxygen atoms in total. The van der Waals surface area contributed by atoms with E-state index in [-0.39, 0.29) is 6.09 Å². The van der Waals surface area contributed by atoms with Crippen molar-refractivity contribution in [2.75, 3.05) is 31.1 Å². The van der Waals surface area contributed by atoms with Crippen LogP contribution in [-0.4, -0.2) is 47.8 Å². The molecular weight excluding hydrogens is 280 g/mol. The molecule has 0 aromatic carbocycles. The summed E-state index contributed by atoms with van der Waals surface area (Å²) >= 11 is 0. The first kappa shape index (κ1) is 16.1. The Morgan fingerprint density at radius 1 is 1.27 bits per heavy atom. The molecule has 0 saturated carbocycles. The smallest absolute Gasteiger partial charge is 0.410 e. The number of hydrogen-bond acceptors (Lipinski definition) is 5. The Hall–Kier alpha value is -2.29. The quantitative estimate of drug-likeness (QED) is 0.796. The number of amides is 1. The van der Waals surface area contributed by atoms with E-state index in [9.17, 15) is 10.1 Å². The minimum absolute atomic E-state index is 0.283. The van der Waals surface area contributed by atoms with E-state index < -0.39 is 5.60 Å². The molecule has 2 rings (SSSR count). The van der Waals surface area contributed by atoms with E-state index in [1.54, 1.807) is 4.90 Å². The van der Waals surface area contributed by atoms with Gasteiger partial charge in [0.05, 0.1) is 5.69 Å². The van der Waals surface area contributed by atoms with Crippen LogP contribution >= 0.6 is 0 Å². The lowest BCUT2D eigenvalue weighted by Crippen LogP contribution is -2.50. The van der Waals surface area contributed by atoms with Gasteiger partial charge >= 0.3 is 6.09 Å². The SMILES string of the molecule is Cc1ccc(N2CCN(C(=O)OC(C)(C)C)CC2)c(C#N)n1. The Bertz CT molecular complexity index is 593. The van der Waals surface area contributed by atoms with Gasteiger partial charge in [-0.3, -0.25) is 0 Å². The average Bonchev–Trinajstić information content (AvgIpc) is 2.45. The van der Waals surface area contributed by atoms with Crippen LogP contribution in [0.4, 0.5) is 10.5 Å². The number of nitrogens with zero attached hydrogens (tertiary/aromatic N) is 4. The van der Waals surface area contributed by atoms with Gasteiger partial charge in [-0.05, 0) is 39.8 Å². The van der Waals surface area contributed by atoms with Gasteiger partial charge in [0.2, 0.25) is 0 Å². The Morgan fingerprint density at radius 3 is 2.45 bits per heavy atom. The van der Waals surface area contributed by atoms with E-state index in [0.29, 0.717) is 31.9 Å². The van der Waals surface area contributed by atoms with E-state index in [1.165, 1.54) is 0 Å². The second-order valence-corrected chi connectivity index (χ2v) is 6.39. The normalized spacial score (nSPS) is 15.4. The van der Waals surface area contributed by atoms with Crippen LogP contribution in [0.1, 0.15) is 32.2 Å². The third kappa shape index (κ3) is 3.88. The molecular formula is C16H22N4O2. The lowest BCUT2D eigenvalue weighted by molar-refractivity contribution is 0.0240. The molecule has 1 saturated heterocycles. The van der Waals surface area contributed by atoms with Crippen molar-refractivity contribution in [1.29, 1.82) is 5.26 Å². The minimum Gasteiger partial charge on any atom is -0.444 e. The molecule has 0 unspecified atom stereocenters. The molecule has 22 heavy (non-hydrogen) atoms. The first-order chi connectivity index (χ1) is 10.3. The highest BCUT2D eigenvalue weighted by Crippen LogP contribution is 2.21. The molecule has 1 amide bonds. The van der Waals surface area contributed by atoms with Crippen LogP contribution in [0, 0.1) is 18.3 Å². The van der Waals surface area contributed by atoms with Crippen molar-refractivity contribution in [3.63, 3.8) is 0 Å². The van der Waals surface area contributed by atoms with Crippen LogP contribution in [0.15, 0.2) is 12.1 Å². The number of piperazine rings is 1. The van der Waals surface area contributed by atoms with Gasteiger partial charge in [0.15, 0.2) is 5.69 Å². The lowest BCUT2D eigenvalue weighted by Gasteiger charge is -2.36. The van der Waals surface area contributed by atoms with Gasteiger partial charge in [-0.25, -0.2) is 9.78 Å². The molecule has 1 fully saturated rings. The number of carbonyl (C=O) groups excluding carboxylic acids is 1. The van der Waals surface area contributed by atoms with Gasteiger partial charge in [-0.15, -0.1) is 0 Å². The lowest BCUT2D eigenvalue weighted by atomic mass is 10.2. The fourth-order valence-electron chi connectivity index (χ4n) is 2.34. The summed E-state index contributed by atoms with van der Waals surface area (Å²) in [4.78, 5) is 20.1. The van der Waals surface area contributed by atoms with E-state index in [0.717, 1.165) is 11.4 Å². The summed E-state index contributed by atoms with van der Waals surface area (Å²) < 4.78 is 5.38. The molecule has 0 bridgehead atoms. The van der Waals surface area contributed by atoms with Crippen LogP contribution in [0.3, 0.4) is 0 Å². The van der Waals surface area contributed by atoms with Crippen LogP contribution in [0.2, 0.25) is 0 Å². The molecule has 0 N–H and O–H groups in total. The Morgan fingerprint density at radius 2 is 1.91 bits per heavy atom. The topological polar surface area (TPSA) is 69.5 Å². The number of ether oxygens (including phenoxy) is 1. The van der Waals surface area contributed by atoms with Crippen molar-refractivity contribution in [3.8, 4) is 6.07 Å². The first-order valence-corrected chi connectivity index (χ1v) is 7.41. The molecule has 1 aromatic rings. The predicted octanol–water partition coefficient (Wildman–Crippen LogP) is 2.32. The van der Waals surface area contributed by atoms with Gasteiger partial charge in [-0.1, -0.05) is 0 Å². The summed E-state index contributed by atoms with van der Waals surface area (Å²) in [6.07, 6.45) is -0.283. The largest absolute Gasteiger partial charge is 0.444 e. The summed E-state index contributed by atoms with van der Waals surface area (Å²) in [5, 5.41) is 9.22. The summed E-state index contributed by atoms with van der Waals surface area (Å²) in [5.74, 6) is 0. The van der Waals surface area contributed by atoms with Gasteiger partial charge < -0.3 is 14.5 Å². The second-order valence-electron chi connectivity index (χ2n) is 6.39. The zero-order chi connectivity index (χ0) is 16.3. The maximum atomic E-state index is 12.0. The highest BCUT2D eigenvalue weighted by atomic mass is 16.6. The molecule has 2 heterocycles. The van der Waals surface area contributed by atoms with Gasteiger partial charge in [0.25, 0.3) is 0 Å². The van der Waals surface area contributed by atoms with Crippen LogP contribution in [0.25, 0.3) is 0 Å². The third-order valence-corrected chi connectivity index (χ3v) is 3.39. The highest BCUT2D eigenvalue weighted by molar-refractivity contribution is 5.69. The third-order valence-electron chi connectivity index (χ3n) is 3.39. The number of pyridine rings is 1. The van der Waals surface area contributed by atoms with Crippen molar-refractivity contribution in [3.05, 3.63) is 23.5 Å². The Kier molecular flexibility index (Phi) is 4.55.